The molecule has 1 heterocycles. The van der Waals surface area contributed by atoms with Crippen LogP contribution in [0.25, 0.3) is 5.69 Å². The summed E-state index contributed by atoms with van der Waals surface area (Å²) in [5, 5.41) is 7.32. The Kier molecular flexibility index (Phi) is 4.11. The molecule has 1 aromatic heterocycles. The third-order valence-corrected chi connectivity index (χ3v) is 2.81. The fraction of sp³-hybridized carbons (Fsp3) is 0.286. The number of nitrogens with zero attached hydrogens (tertiary/aromatic N) is 2. The quantitative estimate of drug-likeness (QED) is 0.844. The first-order valence-corrected chi connectivity index (χ1v) is 6.43. The van der Waals surface area contributed by atoms with E-state index in [0.29, 0.717) is 11.5 Å². The monoisotopic (exact) mass is 292 g/mol. The molecule has 7 heteroatoms. The number of esters is 1. The Hall–Kier alpha value is -2.57. The predicted molar refractivity (Wildman–Crippen MR) is 78.0 cm³/mol. The summed E-state index contributed by atoms with van der Waals surface area (Å²) in [5.41, 5.74) is 6.71. The van der Waals surface area contributed by atoms with Gasteiger partial charge in [-0.25, -0.2) is 13.9 Å². The van der Waals surface area contributed by atoms with Crippen molar-refractivity contribution in [3.8, 4) is 5.69 Å². The first kappa shape index (κ1) is 14.8. The fourth-order valence-electron chi connectivity index (χ4n) is 1.89. The van der Waals surface area contributed by atoms with E-state index in [0.717, 1.165) is 0 Å². The van der Waals surface area contributed by atoms with Crippen molar-refractivity contribution >= 4 is 17.6 Å². The highest BCUT2D eigenvalue weighted by Crippen LogP contribution is 2.26. The van der Waals surface area contributed by atoms with Gasteiger partial charge in [0.15, 0.2) is 5.82 Å². The molecule has 6 nitrogen and oxygen atoms in total. The number of ether oxygens (including phenoxy) is 1. The van der Waals surface area contributed by atoms with Gasteiger partial charge in [-0.05, 0) is 38.1 Å². The lowest BCUT2D eigenvalue weighted by Gasteiger charge is -2.07. The molecule has 2 aromatic rings. The minimum atomic E-state index is -0.580. The molecule has 0 spiro atoms. The number of hydrogen-bond donors (Lipinski definition) is 2. The van der Waals surface area contributed by atoms with E-state index < -0.39 is 5.97 Å². The van der Waals surface area contributed by atoms with Crippen LogP contribution in [-0.2, 0) is 4.74 Å². The lowest BCUT2D eigenvalue weighted by atomic mass is 10.2. The zero-order valence-corrected chi connectivity index (χ0v) is 12.1. The molecule has 0 fully saturated rings. The Balaban J connectivity index is 2.55. The highest BCUT2D eigenvalue weighted by atomic mass is 19.1. The number of aromatic nitrogens is 2. The summed E-state index contributed by atoms with van der Waals surface area (Å²) in [6.45, 7) is 3.82. The largest absolute Gasteiger partial charge is 0.465 e. The zero-order chi connectivity index (χ0) is 15.6. The summed E-state index contributed by atoms with van der Waals surface area (Å²) in [7, 11) is 1.27. The minimum Gasteiger partial charge on any atom is -0.465 e. The molecule has 0 bridgehead atoms. The SMILES string of the molecule is COC(=O)c1c(NC(C)C)nn(-c2ccc(F)cc2)c1N. The number of benzene rings is 1. The van der Waals surface area contributed by atoms with Crippen molar-refractivity contribution in [2.24, 2.45) is 0 Å². The van der Waals surface area contributed by atoms with Crippen LogP contribution >= 0.6 is 0 Å². The van der Waals surface area contributed by atoms with Gasteiger partial charge in [-0.2, -0.15) is 0 Å². The molecule has 1 aromatic carbocycles. The molecule has 0 amide bonds. The van der Waals surface area contributed by atoms with E-state index in [2.05, 4.69) is 10.4 Å². The zero-order valence-electron chi connectivity index (χ0n) is 12.1. The molecule has 0 saturated heterocycles. The first-order valence-electron chi connectivity index (χ1n) is 6.43. The second-order valence-corrected chi connectivity index (χ2v) is 4.79. The van der Waals surface area contributed by atoms with Crippen LogP contribution in [-0.4, -0.2) is 28.9 Å². The Morgan fingerprint density at radius 2 is 2.00 bits per heavy atom. The van der Waals surface area contributed by atoms with Crippen molar-refractivity contribution in [3.05, 3.63) is 35.6 Å². The standard InChI is InChI=1S/C14H17FN4O2/c1-8(2)17-13-11(14(20)21-3)12(16)19(18-13)10-6-4-9(15)5-7-10/h4-8H,16H2,1-3H3,(H,17,18). The Labute approximate surface area is 121 Å². The lowest BCUT2D eigenvalue weighted by molar-refractivity contribution is 0.0603. The topological polar surface area (TPSA) is 82.2 Å². The molecule has 3 N–H and O–H groups in total. The van der Waals surface area contributed by atoms with Gasteiger partial charge in [0.1, 0.15) is 17.2 Å². The number of carbonyl (C=O) groups excluding carboxylic acids is 1. The van der Waals surface area contributed by atoms with Crippen LogP contribution in [0.2, 0.25) is 0 Å². The van der Waals surface area contributed by atoms with Crippen molar-refractivity contribution in [2.45, 2.75) is 19.9 Å². The van der Waals surface area contributed by atoms with Crippen molar-refractivity contribution in [1.29, 1.82) is 0 Å². The summed E-state index contributed by atoms with van der Waals surface area (Å²) in [6, 6.07) is 5.70. The van der Waals surface area contributed by atoms with Gasteiger partial charge in [-0.15, -0.1) is 5.10 Å². The lowest BCUT2D eigenvalue weighted by Crippen LogP contribution is -2.14. The molecule has 21 heavy (non-hydrogen) atoms. The van der Waals surface area contributed by atoms with E-state index >= 15 is 0 Å². The molecule has 0 aliphatic carbocycles. The molecule has 0 saturated carbocycles. The van der Waals surface area contributed by atoms with E-state index in [1.807, 2.05) is 13.8 Å². The third-order valence-electron chi connectivity index (χ3n) is 2.81. The summed E-state index contributed by atoms with van der Waals surface area (Å²) in [4.78, 5) is 11.9. The summed E-state index contributed by atoms with van der Waals surface area (Å²) >= 11 is 0. The second-order valence-electron chi connectivity index (χ2n) is 4.79. The molecule has 2 rings (SSSR count). The van der Waals surface area contributed by atoms with Crippen molar-refractivity contribution < 1.29 is 13.9 Å². The number of nitrogens with one attached hydrogen (secondary N) is 1. The maximum absolute atomic E-state index is 13.0. The van der Waals surface area contributed by atoms with Crippen LogP contribution in [0.1, 0.15) is 24.2 Å². The maximum atomic E-state index is 13.0. The van der Waals surface area contributed by atoms with Gasteiger partial charge >= 0.3 is 5.97 Å². The number of rotatable bonds is 4. The molecule has 0 radical (unpaired) electrons. The van der Waals surface area contributed by atoms with Crippen LogP contribution in [0, 0.1) is 5.82 Å². The molecule has 0 unspecified atom stereocenters. The normalized spacial score (nSPS) is 10.7. The second kappa shape index (κ2) is 5.82. The number of nitrogens with two attached hydrogens (primary N) is 1. The molecule has 112 valence electrons. The van der Waals surface area contributed by atoms with E-state index in [9.17, 15) is 9.18 Å². The highest BCUT2D eigenvalue weighted by molar-refractivity contribution is 6.00. The number of hydrogen-bond acceptors (Lipinski definition) is 5. The van der Waals surface area contributed by atoms with Crippen molar-refractivity contribution in [2.75, 3.05) is 18.2 Å². The van der Waals surface area contributed by atoms with Gasteiger partial charge in [-0.1, -0.05) is 0 Å². The summed E-state index contributed by atoms with van der Waals surface area (Å²) < 4.78 is 19.1. The molecular formula is C14H17FN4O2. The number of anilines is 2. The molecule has 0 aliphatic rings. The van der Waals surface area contributed by atoms with Crippen molar-refractivity contribution in [1.82, 2.24) is 9.78 Å². The molecule has 0 aliphatic heterocycles. The number of methoxy groups -OCH3 is 1. The Morgan fingerprint density at radius 3 is 2.52 bits per heavy atom. The van der Waals surface area contributed by atoms with Crippen LogP contribution < -0.4 is 11.1 Å². The average molecular weight is 292 g/mol. The molecular weight excluding hydrogens is 275 g/mol. The number of nitrogen functional groups attached to an aromatic ring is 1. The van der Waals surface area contributed by atoms with Crippen LogP contribution in [0.5, 0.6) is 0 Å². The van der Waals surface area contributed by atoms with E-state index in [1.54, 1.807) is 0 Å². The highest BCUT2D eigenvalue weighted by Gasteiger charge is 2.24. The van der Waals surface area contributed by atoms with Gasteiger partial charge in [0, 0.05) is 6.04 Å². The van der Waals surface area contributed by atoms with E-state index in [1.165, 1.54) is 36.1 Å². The predicted octanol–water partition coefficient (Wildman–Crippen LogP) is 2.20. The molecule has 0 atom stereocenters. The minimum absolute atomic E-state index is 0.0596. The van der Waals surface area contributed by atoms with Gasteiger partial charge < -0.3 is 15.8 Å². The summed E-state index contributed by atoms with van der Waals surface area (Å²) in [6.07, 6.45) is 0. The van der Waals surface area contributed by atoms with Gasteiger partial charge in [0.05, 0.1) is 12.8 Å². The van der Waals surface area contributed by atoms with E-state index in [-0.39, 0.29) is 23.2 Å². The maximum Gasteiger partial charge on any atom is 0.345 e. The van der Waals surface area contributed by atoms with Gasteiger partial charge in [-0.3, -0.25) is 0 Å². The van der Waals surface area contributed by atoms with Crippen molar-refractivity contribution in [3.63, 3.8) is 0 Å². The summed E-state index contributed by atoms with van der Waals surface area (Å²) in [5.74, 6) is -0.475. The van der Waals surface area contributed by atoms with Crippen LogP contribution in [0.4, 0.5) is 16.0 Å². The van der Waals surface area contributed by atoms with Gasteiger partial charge in [0.25, 0.3) is 0 Å². The third kappa shape index (κ3) is 2.96. The average Bonchev–Trinajstić information content (AvgIpc) is 2.75. The van der Waals surface area contributed by atoms with E-state index in [4.69, 9.17) is 10.5 Å². The Bertz CT molecular complexity index is 650. The van der Waals surface area contributed by atoms with Crippen LogP contribution in [0.3, 0.4) is 0 Å². The fourth-order valence-corrected chi connectivity index (χ4v) is 1.89. The first-order chi connectivity index (χ1) is 9.93. The van der Waals surface area contributed by atoms with Crippen LogP contribution in [0.15, 0.2) is 24.3 Å². The number of halogens is 1. The number of carbonyl (C=O) groups is 1. The smallest absolute Gasteiger partial charge is 0.345 e. The Morgan fingerprint density at radius 1 is 1.38 bits per heavy atom. The van der Waals surface area contributed by atoms with Gasteiger partial charge in [0.2, 0.25) is 0 Å².